The average molecular weight is 230 g/mol. The predicted molar refractivity (Wildman–Crippen MR) is 64.1 cm³/mol. The van der Waals surface area contributed by atoms with Gasteiger partial charge in [-0.05, 0) is 31.4 Å². The van der Waals surface area contributed by atoms with Gasteiger partial charge in [0, 0.05) is 5.92 Å². The lowest BCUT2D eigenvalue weighted by Gasteiger charge is -2.04. The minimum absolute atomic E-state index is 0.00574. The first-order valence-electron chi connectivity index (χ1n) is 5.84. The Kier molecular flexibility index (Phi) is 2.18. The lowest BCUT2D eigenvalue weighted by molar-refractivity contribution is -0.137. The maximum absolute atomic E-state index is 10.9. The van der Waals surface area contributed by atoms with E-state index in [1.807, 2.05) is 29.7 Å². The number of carboxylic acid groups (broad SMARTS) is 1. The van der Waals surface area contributed by atoms with Crippen molar-refractivity contribution in [1.29, 1.82) is 0 Å². The van der Waals surface area contributed by atoms with E-state index >= 15 is 0 Å². The Balaban J connectivity index is 2.23. The summed E-state index contributed by atoms with van der Waals surface area (Å²) in [7, 11) is 0. The third-order valence-corrected chi connectivity index (χ3v) is 3.25. The molecule has 0 amide bonds. The van der Waals surface area contributed by atoms with Gasteiger partial charge in [-0.2, -0.15) is 0 Å². The fraction of sp³-hybridized carbons (Fsp3) is 0.385. The number of aromatic nitrogens is 2. The molecule has 0 saturated heterocycles. The summed E-state index contributed by atoms with van der Waals surface area (Å²) in [5.41, 5.74) is 2.98. The van der Waals surface area contributed by atoms with Crippen LogP contribution in [0.15, 0.2) is 18.2 Å². The molecule has 1 saturated carbocycles. The SMILES string of the molecule is Cc1cccc2c1nc(C1CC1)n2CC(=O)O. The minimum atomic E-state index is -0.812. The highest BCUT2D eigenvalue weighted by Gasteiger charge is 2.30. The second-order valence-electron chi connectivity index (χ2n) is 4.67. The van der Waals surface area contributed by atoms with Crippen LogP contribution in [-0.4, -0.2) is 20.6 Å². The summed E-state index contributed by atoms with van der Waals surface area (Å²) in [4.78, 5) is 15.6. The molecule has 0 spiro atoms. The van der Waals surface area contributed by atoms with Gasteiger partial charge in [0.1, 0.15) is 12.4 Å². The van der Waals surface area contributed by atoms with Crippen LogP contribution in [0.4, 0.5) is 0 Å². The highest BCUT2D eigenvalue weighted by atomic mass is 16.4. The van der Waals surface area contributed by atoms with Crippen molar-refractivity contribution in [3.63, 3.8) is 0 Å². The molecule has 0 radical (unpaired) electrons. The molecule has 0 bridgehead atoms. The van der Waals surface area contributed by atoms with Gasteiger partial charge in [-0.15, -0.1) is 0 Å². The van der Waals surface area contributed by atoms with Crippen molar-refractivity contribution in [3.8, 4) is 0 Å². The van der Waals surface area contributed by atoms with Crippen LogP contribution in [0.25, 0.3) is 11.0 Å². The van der Waals surface area contributed by atoms with Crippen LogP contribution in [0.1, 0.15) is 30.1 Å². The molecule has 1 fully saturated rings. The van der Waals surface area contributed by atoms with E-state index in [-0.39, 0.29) is 6.54 Å². The zero-order chi connectivity index (χ0) is 12.0. The number of hydrogen-bond acceptors (Lipinski definition) is 2. The zero-order valence-corrected chi connectivity index (χ0v) is 9.68. The van der Waals surface area contributed by atoms with Gasteiger partial charge in [0.05, 0.1) is 11.0 Å². The molecular formula is C13H14N2O2. The first-order chi connectivity index (χ1) is 8.16. The highest BCUT2D eigenvalue weighted by molar-refractivity contribution is 5.81. The zero-order valence-electron chi connectivity index (χ0n) is 9.68. The van der Waals surface area contributed by atoms with Crippen LogP contribution in [0, 0.1) is 6.92 Å². The second kappa shape index (κ2) is 3.58. The summed E-state index contributed by atoms with van der Waals surface area (Å²) in [6.07, 6.45) is 2.25. The summed E-state index contributed by atoms with van der Waals surface area (Å²) < 4.78 is 1.85. The first-order valence-corrected chi connectivity index (χ1v) is 5.84. The Morgan fingerprint density at radius 1 is 1.53 bits per heavy atom. The van der Waals surface area contributed by atoms with E-state index in [1.54, 1.807) is 0 Å². The van der Waals surface area contributed by atoms with Gasteiger partial charge in [-0.25, -0.2) is 4.98 Å². The molecule has 4 heteroatoms. The number of imidazole rings is 1. The number of benzene rings is 1. The number of rotatable bonds is 3. The van der Waals surface area contributed by atoms with Crippen LogP contribution in [0.2, 0.25) is 0 Å². The van der Waals surface area contributed by atoms with Crippen LogP contribution in [0.5, 0.6) is 0 Å². The van der Waals surface area contributed by atoms with Crippen molar-refractivity contribution in [2.45, 2.75) is 32.2 Å². The fourth-order valence-electron chi connectivity index (χ4n) is 2.26. The molecule has 88 valence electrons. The summed E-state index contributed by atoms with van der Waals surface area (Å²) >= 11 is 0. The Bertz CT molecular complexity index is 597. The second-order valence-corrected chi connectivity index (χ2v) is 4.67. The smallest absolute Gasteiger partial charge is 0.323 e. The third-order valence-electron chi connectivity index (χ3n) is 3.25. The molecule has 1 aliphatic carbocycles. The number of carbonyl (C=O) groups is 1. The molecule has 3 rings (SSSR count). The maximum atomic E-state index is 10.9. The van der Waals surface area contributed by atoms with Gasteiger partial charge < -0.3 is 9.67 Å². The largest absolute Gasteiger partial charge is 0.480 e. The van der Waals surface area contributed by atoms with Gasteiger partial charge in [0.25, 0.3) is 0 Å². The van der Waals surface area contributed by atoms with Crippen molar-refractivity contribution in [1.82, 2.24) is 9.55 Å². The van der Waals surface area contributed by atoms with Crippen LogP contribution in [0.3, 0.4) is 0 Å². The summed E-state index contributed by atoms with van der Waals surface area (Å²) in [6, 6.07) is 5.91. The van der Waals surface area contributed by atoms with Crippen molar-refractivity contribution in [3.05, 3.63) is 29.6 Å². The Morgan fingerprint density at radius 2 is 2.29 bits per heavy atom. The standard InChI is InChI=1S/C13H14N2O2/c1-8-3-2-4-10-12(8)14-13(9-5-6-9)15(10)7-11(16)17/h2-4,9H,5-7H2,1H3,(H,16,17). The van der Waals surface area contributed by atoms with E-state index < -0.39 is 5.97 Å². The quantitative estimate of drug-likeness (QED) is 0.880. The molecule has 1 aromatic carbocycles. The Labute approximate surface area is 98.9 Å². The molecule has 1 N–H and O–H groups in total. The van der Waals surface area contributed by atoms with Crippen molar-refractivity contribution in [2.24, 2.45) is 0 Å². The van der Waals surface area contributed by atoms with E-state index in [1.165, 1.54) is 0 Å². The predicted octanol–water partition coefficient (Wildman–Crippen LogP) is 2.31. The van der Waals surface area contributed by atoms with Crippen molar-refractivity contribution < 1.29 is 9.90 Å². The minimum Gasteiger partial charge on any atom is -0.480 e. The summed E-state index contributed by atoms with van der Waals surface area (Å²) in [5, 5.41) is 8.99. The van der Waals surface area contributed by atoms with Gasteiger partial charge in [-0.1, -0.05) is 12.1 Å². The number of para-hydroxylation sites is 1. The molecule has 1 aromatic heterocycles. The molecule has 0 atom stereocenters. The number of hydrogen-bond donors (Lipinski definition) is 1. The fourth-order valence-corrected chi connectivity index (χ4v) is 2.26. The summed E-state index contributed by atoms with van der Waals surface area (Å²) in [5.74, 6) is 0.588. The third kappa shape index (κ3) is 1.69. The highest BCUT2D eigenvalue weighted by Crippen LogP contribution is 2.40. The number of nitrogens with zero attached hydrogens (tertiary/aromatic N) is 2. The molecule has 0 aliphatic heterocycles. The number of aryl methyl sites for hydroxylation is 1. The average Bonchev–Trinajstić information content (AvgIpc) is 3.04. The van der Waals surface area contributed by atoms with Crippen molar-refractivity contribution in [2.75, 3.05) is 0 Å². The normalized spacial score (nSPS) is 15.4. The van der Waals surface area contributed by atoms with Gasteiger partial charge in [0.2, 0.25) is 0 Å². The van der Waals surface area contributed by atoms with E-state index in [9.17, 15) is 4.79 Å². The van der Waals surface area contributed by atoms with E-state index in [2.05, 4.69) is 4.98 Å². The molecule has 17 heavy (non-hydrogen) atoms. The van der Waals surface area contributed by atoms with E-state index in [0.29, 0.717) is 5.92 Å². The van der Waals surface area contributed by atoms with Crippen LogP contribution < -0.4 is 0 Å². The molecular weight excluding hydrogens is 216 g/mol. The number of aliphatic carboxylic acids is 1. The molecule has 0 unspecified atom stereocenters. The topological polar surface area (TPSA) is 55.1 Å². The van der Waals surface area contributed by atoms with Gasteiger partial charge in [0.15, 0.2) is 0 Å². The maximum Gasteiger partial charge on any atom is 0.323 e. The molecule has 1 heterocycles. The van der Waals surface area contributed by atoms with Crippen LogP contribution >= 0.6 is 0 Å². The Morgan fingerprint density at radius 3 is 2.94 bits per heavy atom. The van der Waals surface area contributed by atoms with Crippen LogP contribution in [-0.2, 0) is 11.3 Å². The number of carboxylic acids is 1. The Hall–Kier alpha value is -1.84. The van der Waals surface area contributed by atoms with E-state index in [0.717, 1.165) is 35.3 Å². The number of fused-ring (bicyclic) bond motifs is 1. The lowest BCUT2D eigenvalue weighted by Crippen LogP contribution is -2.11. The van der Waals surface area contributed by atoms with Crippen molar-refractivity contribution >= 4 is 17.0 Å². The molecule has 2 aromatic rings. The first kappa shape index (κ1) is 10.3. The molecule has 4 nitrogen and oxygen atoms in total. The lowest BCUT2D eigenvalue weighted by atomic mass is 10.2. The van der Waals surface area contributed by atoms with Gasteiger partial charge >= 0.3 is 5.97 Å². The van der Waals surface area contributed by atoms with Gasteiger partial charge in [-0.3, -0.25) is 4.79 Å². The monoisotopic (exact) mass is 230 g/mol. The molecule has 1 aliphatic rings. The van der Waals surface area contributed by atoms with E-state index in [4.69, 9.17) is 5.11 Å². The summed E-state index contributed by atoms with van der Waals surface area (Å²) in [6.45, 7) is 2.02.